The summed E-state index contributed by atoms with van der Waals surface area (Å²) in [7, 11) is 0. The highest BCUT2D eigenvalue weighted by atomic mass is 32.1. The van der Waals surface area contributed by atoms with E-state index in [-0.39, 0.29) is 10.6 Å². The Labute approximate surface area is 140 Å². The molecule has 6 nitrogen and oxygen atoms in total. The van der Waals surface area contributed by atoms with E-state index in [1.165, 1.54) is 6.07 Å². The van der Waals surface area contributed by atoms with E-state index < -0.39 is 5.91 Å². The average molecular weight is 336 g/mol. The molecule has 0 aliphatic rings. The molecule has 3 N–H and O–H groups in total. The largest absolute Gasteiger partial charge is 0.506 e. The van der Waals surface area contributed by atoms with Gasteiger partial charge in [0.15, 0.2) is 0 Å². The van der Waals surface area contributed by atoms with Gasteiger partial charge in [-0.05, 0) is 23.8 Å². The maximum Gasteiger partial charge on any atom is 0.262 e. The fourth-order valence-corrected chi connectivity index (χ4v) is 3.45. The first-order valence-corrected chi connectivity index (χ1v) is 7.95. The number of nitrogens with two attached hydrogens (primary N) is 1. The van der Waals surface area contributed by atoms with Crippen molar-refractivity contribution in [3.63, 3.8) is 0 Å². The van der Waals surface area contributed by atoms with Gasteiger partial charge in [0.25, 0.3) is 5.91 Å². The Bertz CT molecular complexity index is 1050. The minimum absolute atomic E-state index is 0.115. The standard InChI is InChI=1S/C17H12N4O2S/c18-17(23)16-14(22)7-15(24-16)21-9-20-12-6-10(3-4-13(12)21)11-2-1-5-19-8-11/h1-9,22H,(H2,18,23). The average Bonchev–Trinajstić information content (AvgIpc) is 3.18. The van der Waals surface area contributed by atoms with Gasteiger partial charge in [0, 0.05) is 24.0 Å². The fourth-order valence-electron chi connectivity index (χ4n) is 2.57. The highest BCUT2D eigenvalue weighted by Crippen LogP contribution is 2.33. The molecule has 7 heteroatoms. The lowest BCUT2D eigenvalue weighted by Crippen LogP contribution is -2.08. The van der Waals surface area contributed by atoms with Crippen LogP contribution in [0.15, 0.2) is 55.1 Å². The summed E-state index contributed by atoms with van der Waals surface area (Å²) in [4.78, 5) is 20.0. The topological polar surface area (TPSA) is 94.0 Å². The highest BCUT2D eigenvalue weighted by molar-refractivity contribution is 7.16. The Hall–Kier alpha value is -3.19. The van der Waals surface area contributed by atoms with Gasteiger partial charge >= 0.3 is 0 Å². The first-order valence-electron chi connectivity index (χ1n) is 7.14. The lowest BCUT2D eigenvalue weighted by atomic mass is 10.1. The number of aromatic hydroxyl groups is 1. The van der Waals surface area contributed by atoms with Crippen LogP contribution in [0.4, 0.5) is 0 Å². The summed E-state index contributed by atoms with van der Waals surface area (Å²) < 4.78 is 1.82. The molecule has 0 fully saturated rings. The molecule has 0 bridgehead atoms. The van der Waals surface area contributed by atoms with Gasteiger partial charge in [-0.2, -0.15) is 0 Å². The van der Waals surface area contributed by atoms with Crippen molar-refractivity contribution in [2.45, 2.75) is 0 Å². The van der Waals surface area contributed by atoms with Gasteiger partial charge in [-0.1, -0.05) is 12.1 Å². The van der Waals surface area contributed by atoms with Gasteiger partial charge < -0.3 is 10.8 Å². The molecule has 24 heavy (non-hydrogen) atoms. The van der Waals surface area contributed by atoms with Crippen molar-refractivity contribution in [1.29, 1.82) is 0 Å². The number of fused-ring (bicyclic) bond motifs is 1. The van der Waals surface area contributed by atoms with Gasteiger partial charge in [0.05, 0.1) is 11.0 Å². The van der Waals surface area contributed by atoms with E-state index in [1.54, 1.807) is 18.7 Å². The lowest BCUT2D eigenvalue weighted by Gasteiger charge is -2.03. The Balaban J connectivity index is 1.81. The lowest BCUT2D eigenvalue weighted by molar-refractivity contribution is 0.100. The Morgan fingerprint density at radius 2 is 2.08 bits per heavy atom. The van der Waals surface area contributed by atoms with Gasteiger partial charge in [-0.3, -0.25) is 14.3 Å². The van der Waals surface area contributed by atoms with Gasteiger partial charge in [0.2, 0.25) is 0 Å². The van der Waals surface area contributed by atoms with Crippen LogP contribution in [0.25, 0.3) is 27.2 Å². The number of primary amides is 1. The Kier molecular flexibility index (Phi) is 3.28. The van der Waals surface area contributed by atoms with Crippen LogP contribution in [0.2, 0.25) is 0 Å². The quantitative estimate of drug-likeness (QED) is 0.601. The van der Waals surface area contributed by atoms with Crippen LogP contribution in [0.3, 0.4) is 0 Å². The van der Waals surface area contributed by atoms with Crippen LogP contribution in [0.1, 0.15) is 9.67 Å². The Morgan fingerprint density at radius 3 is 2.79 bits per heavy atom. The number of hydrogen-bond acceptors (Lipinski definition) is 5. The van der Waals surface area contributed by atoms with Crippen molar-refractivity contribution in [2.24, 2.45) is 5.73 Å². The van der Waals surface area contributed by atoms with Gasteiger partial charge in [-0.25, -0.2) is 4.98 Å². The first kappa shape index (κ1) is 14.4. The molecule has 0 saturated carbocycles. The second-order valence-electron chi connectivity index (χ2n) is 5.22. The van der Waals surface area contributed by atoms with Crippen molar-refractivity contribution in [3.05, 3.63) is 60.0 Å². The summed E-state index contributed by atoms with van der Waals surface area (Å²) in [5.74, 6) is -0.761. The molecule has 3 aromatic heterocycles. The van der Waals surface area contributed by atoms with Gasteiger partial charge in [0.1, 0.15) is 22.0 Å². The molecule has 1 amide bonds. The summed E-state index contributed by atoms with van der Waals surface area (Å²) in [5.41, 5.74) is 8.98. The second kappa shape index (κ2) is 5.47. The Morgan fingerprint density at radius 1 is 1.21 bits per heavy atom. The van der Waals surface area contributed by atoms with E-state index in [9.17, 15) is 9.90 Å². The molecule has 3 heterocycles. The third-order valence-electron chi connectivity index (χ3n) is 3.70. The fraction of sp³-hybridized carbons (Fsp3) is 0. The van der Waals surface area contributed by atoms with Crippen LogP contribution < -0.4 is 5.73 Å². The number of carbonyl (C=O) groups is 1. The molecule has 0 aliphatic carbocycles. The smallest absolute Gasteiger partial charge is 0.262 e. The number of aromatic nitrogens is 3. The number of nitrogens with zero attached hydrogens (tertiary/aromatic N) is 3. The van der Waals surface area contributed by atoms with Crippen LogP contribution >= 0.6 is 11.3 Å². The molecule has 4 aromatic rings. The number of hydrogen-bond donors (Lipinski definition) is 2. The van der Waals surface area contributed by atoms with E-state index in [0.29, 0.717) is 5.00 Å². The first-order chi connectivity index (χ1) is 11.6. The van der Waals surface area contributed by atoms with E-state index in [0.717, 1.165) is 33.5 Å². The zero-order chi connectivity index (χ0) is 16.7. The SMILES string of the molecule is NC(=O)c1sc(-n2cnc3cc(-c4cccnc4)ccc32)cc1O. The van der Waals surface area contributed by atoms with Gasteiger partial charge in [-0.15, -0.1) is 11.3 Å². The monoisotopic (exact) mass is 336 g/mol. The summed E-state index contributed by atoms with van der Waals surface area (Å²) in [6.45, 7) is 0. The molecule has 0 unspecified atom stereocenters. The maximum atomic E-state index is 11.3. The molecule has 0 saturated heterocycles. The molecule has 118 valence electrons. The minimum atomic E-state index is -0.646. The number of benzene rings is 1. The predicted octanol–water partition coefficient (Wildman–Crippen LogP) is 2.95. The molecule has 4 rings (SSSR count). The molecule has 0 radical (unpaired) electrons. The van der Waals surface area contributed by atoms with Crippen molar-refractivity contribution in [2.75, 3.05) is 0 Å². The molecular formula is C17H12N4O2S. The van der Waals surface area contributed by atoms with Crippen molar-refractivity contribution >= 4 is 28.3 Å². The van der Waals surface area contributed by atoms with E-state index in [4.69, 9.17) is 5.73 Å². The summed E-state index contributed by atoms with van der Waals surface area (Å²) >= 11 is 1.13. The van der Waals surface area contributed by atoms with E-state index in [1.807, 2.05) is 34.9 Å². The zero-order valence-electron chi connectivity index (χ0n) is 12.4. The third kappa shape index (κ3) is 2.31. The van der Waals surface area contributed by atoms with E-state index in [2.05, 4.69) is 9.97 Å². The molecular weight excluding hydrogens is 324 g/mol. The van der Waals surface area contributed by atoms with Crippen LogP contribution in [-0.2, 0) is 0 Å². The second-order valence-corrected chi connectivity index (χ2v) is 6.25. The summed E-state index contributed by atoms with van der Waals surface area (Å²) in [5, 5.41) is 10.5. The normalized spacial score (nSPS) is 11.0. The number of imidazole rings is 1. The third-order valence-corrected chi connectivity index (χ3v) is 4.84. The summed E-state index contributed by atoms with van der Waals surface area (Å²) in [6.07, 6.45) is 5.19. The predicted molar refractivity (Wildman–Crippen MR) is 92.4 cm³/mol. The van der Waals surface area contributed by atoms with Crippen LogP contribution in [0, 0.1) is 0 Å². The van der Waals surface area contributed by atoms with Crippen molar-refractivity contribution < 1.29 is 9.90 Å². The number of carbonyl (C=O) groups excluding carboxylic acids is 1. The van der Waals surface area contributed by atoms with Crippen molar-refractivity contribution in [3.8, 4) is 21.9 Å². The molecule has 0 aliphatic heterocycles. The van der Waals surface area contributed by atoms with E-state index >= 15 is 0 Å². The zero-order valence-corrected chi connectivity index (χ0v) is 13.2. The number of thiophene rings is 1. The number of amides is 1. The number of pyridine rings is 1. The summed E-state index contributed by atoms with van der Waals surface area (Å²) in [6, 6.07) is 11.3. The highest BCUT2D eigenvalue weighted by Gasteiger charge is 2.15. The van der Waals surface area contributed by atoms with Crippen molar-refractivity contribution in [1.82, 2.24) is 14.5 Å². The number of rotatable bonds is 3. The maximum absolute atomic E-state index is 11.3. The molecule has 0 spiro atoms. The van der Waals surface area contributed by atoms with Crippen LogP contribution in [0.5, 0.6) is 5.75 Å². The molecule has 1 aromatic carbocycles. The minimum Gasteiger partial charge on any atom is -0.506 e. The van der Waals surface area contributed by atoms with Crippen LogP contribution in [-0.4, -0.2) is 25.5 Å². The molecule has 0 atom stereocenters.